The van der Waals surface area contributed by atoms with E-state index in [1.165, 1.54) is 5.69 Å². The van der Waals surface area contributed by atoms with Crippen LogP contribution in [0.1, 0.15) is 32.0 Å². The number of aromatic nitrogens is 2. The molecule has 2 N–H and O–H groups in total. The molecule has 0 atom stereocenters. The molecule has 0 aliphatic heterocycles. The van der Waals surface area contributed by atoms with Crippen LogP contribution in [0.5, 0.6) is 0 Å². The van der Waals surface area contributed by atoms with E-state index >= 15 is 0 Å². The Morgan fingerprint density at radius 1 is 1.22 bits per heavy atom. The number of carbonyl (C=O) groups is 1. The molecule has 3 rings (SSSR count). The third-order valence-corrected chi connectivity index (χ3v) is 3.80. The van der Waals surface area contributed by atoms with Gasteiger partial charge in [-0.3, -0.25) is 9.78 Å². The molecule has 0 saturated carbocycles. The molecule has 2 aromatic heterocycles. The number of nitrogens with one attached hydrogen (secondary N) is 2. The summed E-state index contributed by atoms with van der Waals surface area (Å²) in [7, 11) is 0. The first-order valence-corrected chi connectivity index (χ1v) is 7.74. The number of anilines is 1. The number of aromatic amines is 1. The van der Waals surface area contributed by atoms with Gasteiger partial charge in [0.25, 0.3) is 0 Å². The zero-order chi connectivity index (χ0) is 16.4. The summed E-state index contributed by atoms with van der Waals surface area (Å²) in [6, 6.07) is 11.8. The Kier molecular flexibility index (Phi) is 3.90. The molecule has 0 unspecified atom stereocenters. The van der Waals surface area contributed by atoms with E-state index in [9.17, 15) is 4.79 Å². The lowest BCUT2D eigenvalue weighted by atomic mass is 9.92. The minimum Gasteiger partial charge on any atom is -0.358 e. The number of hydrogen-bond acceptors (Lipinski definition) is 2. The Bertz CT molecular complexity index is 829. The molecule has 23 heavy (non-hydrogen) atoms. The fourth-order valence-electron chi connectivity index (χ4n) is 2.51. The summed E-state index contributed by atoms with van der Waals surface area (Å²) in [5.41, 5.74) is 4.06. The molecule has 0 fully saturated rings. The number of benzene rings is 1. The first-order valence-electron chi connectivity index (χ1n) is 7.74. The third-order valence-electron chi connectivity index (χ3n) is 3.80. The molecule has 0 radical (unpaired) electrons. The molecule has 4 heteroatoms. The molecule has 0 spiro atoms. The molecule has 4 nitrogen and oxygen atoms in total. The lowest BCUT2D eigenvalue weighted by Crippen LogP contribution is -2.14. The van der Waals surface area contributed by atoms with Crippen LogP contribution < -0.4 is 5.32 Å². The van der Waals surface area contributed by atoms with Crippen LogP contribution >= 0.6 is 0 Å². The van der Waals surface area contributed by atoms with Crippen molar-refractivity contribution in [3.05, 3.63) is 60.0 Å². The van der Waals surface area contributed by atoms with Crippen LogP contribution in [-0.2, 0) is 16.6 Å². The highest BCUT2D eigenvalue weighted by molar-refractivity contribution is 5.95. The number of H-pyrrole nitrogens is 1. The van der Waals surface area contributed by atoms with Crippen LogP contribution in [-0.4, -0.2) is 15.9 Å². The van der Waals surface area contributed by atoms with Crippen LogP contribution in [0.2, 0.25) is 0 Å². The first kappa shape index (κ1) is 15.3. The van der Waals surface area contributed by atoms with Crippen LogP contribution in [0.3, 0.4) is 0 Å². The van der Waals surface area contributed by atoms with Gasteiger partial charge in [0.15, 0.2) is 0 Å². The summed E-state index contributed by atoms with van der Waals surface area (Å²) in [6.45, 7) is 6.52. The largest absolute Gasteiger partial charge is 0.358 e. The van der Waals surface area contributed by atoms with Crippen molar-refractivity contribution in [1.29, 1.82) is 0 Å². The fraction of sp³-hybridized carbons (Fsp3) is 0.263. The Balaban J connectivity index is 1.77. The maximum atomic E-state index is 12.1. The summed E-state index contributed by atoms with van der Waals surface area (Å²) in [5.74, 6) is -0.0380. The van der Waals surface area contributed by atoms with E-state index in [1.54, 1.807) is 12.4 Å². The lowest BCUT2D eigenvalue weighted by Gasteiger charge is -2.15. The van der Waals surface area contributed by atoms with Gasteiger partial charge in [0, 0.05) is 40.1 Å². The molecule has 2 heterocycles. The maximum Gasteiger partial charge on any atom is 0.228 e. The van der Waals surface area contributed by atoms with Crippen molar-refractivity contribution < 1.29 is 4.79 Å². The van der Waals surface area contributed by atoms with E-state index in [1.807, 2.05) is 30.3 Å². The number of pyridine rings is 1. The van der Waals surface area contributed by atoms with Crippen LogP contribution in [0, 0.1) is 0 Å². The zero-order valence-corrected chi connectivity index (χ0v) is 13.7. The minimum atomic E-state index is -0.0380. The van der Waals surface area contributed by atoms with Crippen molar-refractivity contribution in [2.24, 2.45) is 0 Å². The van der Waals surface area contributed by atoms with Gasteiger partial charge in [-0.2, -0.15) is 0 Å². The Labute approximate surface area is 136 Å². The Hall–Kier alpha value is -2.62. The van der Waals surface area contributed by atoms with E-state index in [0.717, 1.165) is 22.2 Å². The van der Waals surface area contributed by atoms with Gasteiger partial charge in [-0.25, -0.2) is 0 Å². The van der Waals surface area contributed by atoms with Gasteiger partial charge in [-0.1, -0.05) is 26.8 Å². The highest BCUT2D eigenvalue weighted by Gasteiger charge is 2.16. The average molecular weight is 307 g/mol. The van der Waals surface area contributed by atoms with Gasteiger partial charge >= 0.3 is 0 Å². The smallest absolute Gasteiger partial charge is 0.228 e. The fourth-order valence-corrected chi connectivity index (χ4v) is 2.51. The predicted molar refractivity (Wildman–Crippen MR) is 93.6 cm³/mol. The van der Waals surface area contributed by atoms with E-state index in [0.29, 0.717) is 6.42 Å². The highest BCUT2D eigenvalue weighted by Crippen LogP contribution is 2.27. The topological polar surface area (TPSA) is 57.8 Å². The first-order chi connectivity index (χ1) is 10.9. The highest BCUT2D eigenvalue weighted by atomic mass is 16.1. The van der Waals surface area contributed by atoms with Gasteiger partial charge in [-0.15, -0.1) is 0 Å². The normalized spacial score (nSPS) is 11.6. The van der Waals surface area contributed by atoms with Crippen LogP contribution in [0.25, 0.3) is 10.9 Å². The molecule has 118 valence electrons. The summed E-state index contributed by atoms with van der Waals surface area (Å²) in [5, 5.41) is 4.06. The number of carbonyl (C=O) groups excluding carboxylic acids is 1. The van der Waals surface area contributed by atoms with Crippen molar-refractivity contribution in [2.75, 3.05) is 5.32 Å². The van der Waals surface area contributed by atoms with E-state index < -0.39 is 0 Å². The molecule has 0 aliphatic carbocycles. The van der Waals surface area contributed by atoms with E-state index in [-0.39, 0.29) is 11.3 Å². The van der Waals surface area contributed by atoms with Crippen LogP contribution in [0.15, 0.2) is 48.8 Å². The molecule has 0 bridgehead atoms. The summed E-state index contributed by atoms with van der Waals surface area (Å²) in [6.07, 6.45) is 3.74. The maximum absolute atomic E-state index is 12.1. The lowest BCUT2D eigenvalue weighted by molar-refractivity contribution is -0.115. The number of fused-ring (bicyclic) bond motifs is 1. The van der Waals surface area contributed by atoms with Gasteiger partial charge < -0.3 is 10.3 Å². The second kappa shape index (κ2) is 5.88. The SMILES string of the molecule is CC(C)(C)c1cc2cc(NC(=O)Cc3cccnc3)ccc2[nH]1. The monoisotopic (exact) mass is 307 g/mol. The molecule has 0 aliphatic rings. The van der Waals surface area contributed by atoms with E-state index in [2.05, 4.69) is 42.1 Å². The number of rotatable bonds is 3. The average Bonchev–Trinajstić information content (AvgIpc) is 2.91. The molecule has 3 aromatic rings. The van der Waals surface area contributed by atoms with Crippen molar-refractivity contribution >= 4 is 22.5 Å². The minimum absolute atomic E-state index is 0.0380. The number of nitrogens with zero attached hydrogens (tertiary/aromatic N) is 1. The summed E-state index contributed by atoms with van der Waals surface area (Å²) >= 11 is 0. The predicted octanol–water partition coefficient (Wildman–Crippen LogP) is 4.04. The Morgan fingerprint density at radius 3 is 2.74 bits per heavy atom. The Morgan fingerprint density at radius 2 is 2.04 bits per heavy atom. The summed E-state index contributed by atoms with van der Waals surface area (Å²) < 4.78 is 0. The van der Waals surface area contributed by atoms with Gasteiger partial charge in [0.05, 0.1) is 6.42 Å². The van der Waals surface area contributed by atoms with Crippen molar-refractivity contribution in [3.8, 4) is 0 Å². The van der Waals surface area contributed by atoms with Crippen LogP contribution in [0.4, 0.5) is 5.69 Å². The molecular formula is C19H21N3O. The second-order valence-corrected chi connectivity index (χ2v) is 6.82. The van der Waals surface area contributed by atoms with Crippen molar-refractivity contribution in [2.45, 2.75) is 32.6 Å². The quantitative estimate of drug-likeness (QED) is 0.767. The summed E-state index contributed by atoms with van der Waals surface area (Å²) in [4.78, 5) is 19.6. The van der Waals surface area contributed by atoms with Gasteiger partial charge in [-0.05, 0) is 35.9 Å². The molecule has 1 aromatic carbocycles. The number of amides is 1. The molecular weight excluding hydrogens is 286 g/mol. The molecule has 1 amide bonds. The molecule has 0 saturated heterocycles. The van der Waals surface area contributed by atoms with Gasteiger partial charge in [0.2, 0.25) is 5.91 Å². The number of hydrogen-bond donors (Lipinski definition) is 2. The zero-order valence-electron chi connectivity index (χ0n) is 13.7. The van der Waals surface area contributed by atoms with Crippen molar-refractivity contribution in [1.82, 2.24) is 9.97 Å². The van der Waals surface area contributed by atoms with Gasteiger partial charge in [0.1, 0.15) is 0 Å². The van der Waals surface area contributed by atoms with E-state index in [4.69, 9.17) is 0 Å². The van der Waals surface area contributed by atoms with Crippen molar-refractivity contribution in [3.63, 3.8) is 0 Å². The standard InChI is InChI=1S/C19H21N3O/c1-19(2,3)17-11-14-10-15(6-7-16(14)22-17)21-18(23)9-13-5-4-8-20-12-13/h4-8,10-12,22H,9H2,1-3H3,(H,21,23). The third kappa shape index (κ3) is 3.59. The second-order valence-electron chi connectivity index (χ2n) is 6.82.